The number of ether oxygens (including phenoxy) is 1. The molecule has 0 saturated carbocycles. The third kappa shape index (κ3) is 2.88. The topological polar surface area (TPSA) is 46.5 Å². The van der Waals surface area contributed by atoms with Crippen molar-refractivity contribution >= 4 is 5.97 Å². The van der Waals surface area contributed by atoms with Crippen LogP contribution in [0, 0.1) is 0 Å². The number of esters is 1. The van der Waals surface area contributed by atoms with Crippen LogP contribution >= 0.6 is 0 Å². The van der Waals surface area contributed by atoms with Crippen LogP contribution in [0.5, 0.6) is 5.75 Å². The van der Waals surface area contributed by atoms with Gasteiger partial charge in [0.05, 0.1) is 0 Å². The molecular weight excluding hydrogens is 228 g/mol. The van der Waals surface area contributed by atoms with Crippen LogP contribution in [-0.4, -0.2) is 11.1 Å². The lowest BCUT2D eigenvalue weighted by molar-refractivity contribution is -0.144. The van der Waals surface area contributed by atoms with E-state index in [1.54, 1.807) is 24.3 Å². The maximum atomic E-state index is 11.2. The van der Waals surface area contributed by atoms with Crippen molar-refractivity contribution in [2.45, 2.75) is 13.0 Å². The molecular formula is C15H14O3. The smallest absolute Gasteiger partial charge is 0.303 e. The van der Waals surface area contributed by atoms with Crippen molar-refractivity contribution in [3.05, 3.63) is 65.7 Å². The summed E-state index contributed by atoms with van der Waals surface area (Å²) in [6.07, 6.45) is -0.440. The van der Waals surface area contributed by atoms with Crippen LogP contribution in [-0.2, 0) is 9.53 Å². The summed E-state index contributed by atoms with van der Waals surface area (Å²) in [5.41, 5.74) is 1.73. The summed E-state index contributed by atoms with van der Waals surface area (Å²) >= 11 is 0. The Morgan fingerprint density at radius 1 is 1.00 bits per heavy atom. The molecule has 0 aliphatic rings. The van der Waals surface area contributed by atoms with Crippen LogP contribution in [0.4, 0.5) is 0 Å². The van der Waals surface area contributed by atoms with Gasteiger partial charge in [0, 0.05) is 6.92 Å². The molecule has 0 fully saturated rings. The van der Waals surface area contributed by atoms with Crippen LogP contribution in [0.2, 0.25) is 0 Å². The standard InChI is InChI=1S/C15H14O3/c1-11(16)18-15(12-5-3-2-4-6-12)13-7-9-14(17)10-8-13/h2-10,15,17H,1H3. The lowest BCUT2D eigenvalue weighted by Crippen LogP contribution is -2.09. The highest BCUT2D eigenvalue weighted by atomic mass is 16.5. The van der Waals surface area contributed by atoms with Crippen molar-refractivity contribution in [1.82, 2.24) is 0 Å². The van der Waals surface area contributed by atoms with Gasteiger partial charge in [-0.1, -0.05) is 42.5 Å². The number of phenolic OH excluding ortho intramolecular Hbond substituents is 1. The van der Waals surface area contributed by atoms with E-state index in [1.165, 1.54) is 6.92 Å². The van der Waals surface area contributed by atoms with Gasteiger partial charge in [0.2, 0.25) is 0 Å². The molecule has 0 spiro atoms. The summed E-state index contributed by atoms with van der Waals surface area (Å²) in [4.78, 5) is 11.2. The number of rotatable bonds is 3. The maximum Gasteiger partial charge on any atom is 0.303 e. The monoisotopic (exact) mass is 242 g/mol. The zero-order valence-corrected chi connectivity index (χ0v) is 10.0. The zero-order valence-electron chi connectivity index (χ0n) is 10.0. The molecule has 0 heterocycles. The van der Waals surface area contributed by atoms with E-state index in [0.717, 1.165) is 11.1 Å². The van der Waals surface area contributed by atoms with Gasteiger partial charge < -0.3 is 9.84 Å². The molecule has 2 rings (SSSR count). The fourth-order valence-electron chi connectivity index (χ4n) is 1.77. The number of carbonyl (C=O) groups excluding carboxylic acids is 1. The predicted octanol–water partition coefficient (Wildman–Crippen LogP) is 3.04. The van der Waals surface area contributed by atoms with Crippen LogP contribution in [0.15, 0.2) is 54.6 Å². The quantitative estimate of drug-likeness (QED) is 0.841. The minimum absolute atomic E-state index is 0.188. The Kier molecular flexibility index (Phi) is 3.63. The van der Waals surface area contributed by atoms with Gasteiger partial charge in [-0.25, -0.2) is 0 Å². The second kappa shape index (κ2) is 5.36. The third-order valence-corrected chi connectivity index (χ3v) is 2.58. The van der Waals surface area contributed by atoms with Crippen LogP contribution < -0.4 is 0 Å². The number of hydrogen-bond donors (Lipinski definition) is 1. The zero-order chi connectivity index (χ0) is 13.0. The molecule has 0 amide bonds. The Labute approximate surface area is 106 Å². The molecule has 0 aromatic heterocycles. The minimum Gasteiger partial charge on any atom is -0.508 e. The van der Waals surface area contributed by atoms with Crippen molar-refractivity contribution in [2.24, 2.45) is 0 Å². The highest BCUT2D eigenvalue weighted by molar-refractivity contribution is 5.66. The molecule has 92 valence electrons. The van der Waals surface area contributed by atoms with E-state index in [4.69, 9.17) is 4.74 Å². The third-order valence-electron chi connectivity index (χ3n) is 2.58. The second-order valence-corrected chi connectivity index (χ2v) is 3.99. The van der Waals surface area contributed by atoms with Crippen molar-refractivity contribution in [2.75, 3.05) is 0 Å². The van der Waals surface area contributed by atoms with E-state index in [0.29, 0.717) is 0 Å². The predicted molar refractivity (Wildman–Crippen MR) is 68.2 cm³/mol. The van der Waals surface area contributed by atoms with E-state index >= 15 is 0 Å². The summed E-state index contributed by atoms with van der Waals surface area (Å²) in [6, 6.07) is 16.2. The highest BCUT2D eigenvalue weighted by Crippen LogP contribution is 2.27. The molecule has 1 N–H and O–H groups in total. The molecule has 0 aliphatic carbocycles. The number of hydrogen-bond acceptors (Lipinski definition) is 3. The fraction of sp³-hybridized carbons (Fsp3) is 0.133. The molecule has 3 nitrogen and oxygen atoms in total. The molecule has 3 heteroatoms. The normalized spacial score (nSPS) is 11.8. The highest BCUT2D eigenvalue weighted by Gasteiger charge is 2.16. The summed E-state index contributed by atoms with van der Waals surface area (Å²) in [5, 5.41) is 9.28. The van der Waals surface area contributed by atoms with Gasteiger partial charge in [-0.2, -0.15) is 0 Å². The van der Waals surface area contributed by atoms with Gasteiger partial charge in [-0.3, -0.25) is 4.79 Å². The summed E-state index contributed by atoms with van der Waals surface area (Å²) in [5.74, 6) is -0.148. The first-order valence-electron chi connectivity index (χ1n) is 5.68. The Bertz CT molecular complexity index is 517. The van der Waals surface area contributed by atoms with Gasteiger partial charge in [-0.05, 0) is 23.3 Å². The van der Waals surface area contributed by atoms with Crippen LogP contribution in [0.1, 0.15) is 24.2 Å². The van der Waals surface area contributed by atoms with Crippen molar-refractivity contribution in [1.29, 1.82) is 0 Å². The first kappa shape index (κ1) is 12.2. The minimum atomic E-state index is -0.440. The van der Waals surface area contributed by atoms with Crippen LogP contribution in [0.3, 0.4) is 0 Å². The van der Waals surface area contributed by atoms with Crippen molar-refractivity contribution in [3.63, 3.8) is 0 Å². The number of phenols is 1. The molecule has 1 atom stereocenters. The summed E-state index contributed by atoms with van der Waals surface area (Å²) in [6.45, 7) is 1.39. The van der Waals surface area contributed by atoms with E-state index in [9.17, 15) is 9.90 Å². The maximum absolute atomic E-state index is 11.2. The van der Waals surface area contributed by atoms with Gasteiger partial charge in [0.15, 0.2) is 6.10 Å². The van der Waals surface area contributed by atoms with Gasteiger partial charge in [-0.15, -0.1) is 0 Å². The molecule has 2 aromatic carbocycles. The number of aromatic hydroxyl groups is 1. The van der Waals surface area contributed by atoms with Gasteiger partial charge in [0.25, 0.3) is 0 Å². The lowest BCUT2D eigenvalue weighted by Gasteiger charge is -2.17. The van der Waals surface area contributed by atoms with Crippen LogP contribution in [0.25, 0.3) is 0 Å². The van der Waals surface area contributed by atoms with E-state index < -0.39 is 6.10 Å². The van der Waals surface area contributed by atoms with Crippen molar-refractivity contribution < 1.29 is 14.6 Å². The fourth-order valence-corrected chi connectivity index (χ4v) is 1.77. The number of benzene rings is 2. The molecule has 2 aromatic rings. The average Bonchev–Trinajstić information content (AvgIpc) is 2.38. The summed E-state index contributed by atoms with van der Waals surface area (Å²) < 4.78 is 5.34. The molecule has 18 heavy (non-hydrogen) atoms. The van der Waals surface area contributed by atoms with Gasteiger partial charge >= 0.3 is 5.97 Å². The van der Waals surface area contributed by atoms with E-state index in [1.807, 2.05) is 30.3 Å². The lowest BCUT2D eigenvalue weighted by atomic mass is 10.0. The van der Waals surface area contributed by atoms with E-state index in [-0.39, 0.29) is 11.7 Å². The van der Waals surface area contributed by atoms with Crippen molar-refractivity contribution in [3.8, 4) is 5.75 Å². The molecule has 0 bridgehead atoms. The Morgan fingerprint density at radius 3 is 2.11 bits per heavy atom. The first-order chi connectivity index (χ1) is 8.66. The van der Waals surface area contributed by atoms with E-state index in [2.05, 4.69) is 0 Å². The molecule has 1 unspecified atom stereocenters. The van der Waals surface area contributed by atoms with Gasteiger partial charge in [0.1, 0.15) is 5.75 Å². The SMILES string of the molecule is CC(=O)OC(c1ccccc1)c1ccc(O)cc1. The number of carbonyl (C=O) groups is 1. The Balaban J connectivity index is 2.36. The first-order valence-corrected chi connectivity index (χ1v) is 5.68. The average molecular weight is 242 g/mol. The summed E-state index contributed by atoms with van der Waals surface area (Å²) in [7, 11) is 0. The Hall–Kier alpha value is -2.29. The largest absolute Gasteiger partial charge is 0.508 e. The molecule has 0 saturated heterocycles. The molecule has 0 aliphatic heterocycles. The Morgan fingerprint density at radius 2 is 1.56 bits per heavy atom. The second-order valence-electron chi connectivity index (χ2n) is 3.99. The molecule has 0 radical (unpaired) electrons.